The van der Waals surface area contributed by atoms with Gasteiger partial charge in [0.25, 0.3) is 0 Å². The monoisotopic (exact) mass is 998 g/mol. The molecule has 2 unspecified atom stereocenters. The molecule has 0 fully saturated rings. The number of para-hydroxylation sites is 1. The van der Waals surface area contributed by atoms with Crippen LogP contribution in [0.25, 0.3) is 89.1 Å². The first-order chi connectivity index (χ1) is 37.5. The first-order valence-electron chi connectivity index (χ1n) is 28.1. The van der Waals surface area contributed by atoms with E-state index in [0.717, 1.165) is 19.4 Å². The average molecular weight is 998 g/mol. The van der Waals surface area contributed by atoms with Gasteiger partial charge in [0, 0.05) is 45.2 Å². The molecule has 9 aromatic rings. The Labute approximate surface area is 463 Å². The number of hydrogen-bond donors (Lipinski definition) is 0. The topological polar surface area (TPSA) is 4.93 Å². The van der Waals surface area contributed by atoms with Crippen LogP contribution in [0.1, 0.15) is 131 Å². The van der Waals surface area contributed by atoms with E-state index in [-0.39, 0.29) is 11.4 Å². The van der Waals surface area contributed by atoms with E-state index >= 15 is 0 Å². The first kappa shape index (κ1) is 49.9. The van der Waals surface area contributed by atoms with Gasteiger partial charge in [-0.25, -0.2) is 0 Å². The van der Waals surface area contributed by atoms with Crippen LogP contribution in [-0.2, 0) is 12.0 Å². The molecule has 0 aliphatic heterocycles. The van der Waals surface area contributed by atoms with E-state index in [2.05, 4.69) is 254 Å². The van der Waals surface area contributed by atoms with Crippen LogP contribution in [0, 0.1) is 5.92 Å². The van der Waals surface area contributed by atoms with Gasteiger partial charge in [0.15, 0.2) is 0 Å². The number of fused-ring (bicyclic) bond motifs is 9. The van der Waals surface area contributed by atoms with Crippen molar-refractivity contribution < 1.29 is 11.4 Å². The number of benzene rings is 8. The fourth-order valence-corrected chi connectivity index (χ4v) is 12.4. The summed E-state index contributed by atoms with van der Waals surface area (Å²) in [6.07, 6.45) is 18.0. The molecule has 2 aliphatic carbocycles. The molecule has 0 amide bonds. The van der Waals surface area contributed by atoms with E-state index in [1.165, 1.54) is 169 Å². The molecule has 1 aromatic heterocycles. The van der Waals surface area contributed by atoms with Gasteiger partial charge in [0.1, 0.15) is 0 Å². The minimum Gasteiger partial charge on any atom is -0.340 e. The Bertz CT molecular complexity index is 3930. The zero-order valence-corrected chi connectivity index (χ0v) is 44.6. The molecule has 1 heterocycles. The third kappa shape index (κ3) is 9.79. The zero-order valence-electron chi connectivity index (χ0n) is 44.6. The predicted molar refractivity (Wildman–Crippen MR) is 340 cm³/mol. The summed E-state index contributed by atoms with van der Waals surface area (Å²) in [6, 6.07) is 66.3. The van der Waals surface area contributed by atoms with Crippen molar-refractivity contribution in [2.75, 3.05) is 0 Å². The Morgan fingerprint density at radius 3 is 1.68 bits per heavy atom. The van der Waals surface area contributed by atoms with Gasteiger partial charge in [-0.15, -0.1) is 0 Å². The lowest BCUT2D eigenvalue weighted by atomic mass is 9.73. The highest BCUT2D eigenvalue weighted by Gasteiger charge is 2.42. The minimum atomic E-state index is -0.441. The average Bonchev–Trinajstić information content (AvgIpc) is 4.28. The van der Waals surface area contributed by atoms with E-state index in [1.807, 2.05) is 0 Å². The fourth-order valence-electron chi connectivity index (χ4n) is 12.4. The van der Waals surface area contributed by atoms with Crippen LogP contribution in [0.4, 0.5) is 0 Å². The molecular formula is C75H83N. The van der Waals surface area contributed by atoms with E-state index in [4.69, 9.17) is 0 Å². The van der Waals surface area contributed by atoms with Crippen LogP contribution in [-0.4, -0.2) is 4.57 Å². The lowest BCUT2D eigenvalue weighted by molar-refractivity contribution is 0.401. The van der Waals surface area contributed by atoms with Crippen LogP contribution in [0.5, 0.6) is 0 Å². The Balaban J connectivity index is 0.00000231. The number of unbranched alkanes of at least 4 members (excludes halogenated alkanes) is 6. The van der Waals surface area contributed by atoms with Crippen LogP contribution in [0.15, 0.2) is 223 Å². The van der Waals surface area contributed by atoms with Crippen molar-refractivity contribution in [3.8, 4) is 55.6 Å². The SMILES string of the molecule is C=C=C=C=C=C=C=CC1(CCCCCCCC)c2cc(-c3ccccc3)ccc2-c2ccc(-c3ccc4c(c3)/C(=C\c3ccc5c(c3)c3ccccc3n5CC(CC)CCCC)c3cc(-c5ccccc5)ccc3-4)cc21.[HH].[HH].[HH].[HH].[HH].[HH].[HH].[HH]. The summed E-state index contributed by atoms with van der Waals surface area (Å²) in [6.45, 7) is 11.6. The largest absolute Gasteiger partial charge is 0.340 e. The van der Waals surface area contributed by atoms with Crippen molar-refractivity contribution in [1.82, 2.24) is 4.57 Å². The molecule has 0 saturated carbocycles. The highest BCUT2D eigenvalue weighted by Crippen LogP contribution is 2.55. The van der Waals surface area contributed by atoms with Gasteiger partial charge >= 0.3 is 0 Å². The van der Waals surface area contributed by atoms with Gasteiger partial charge in [0.2, 0.25) is 0 Å². The molecule has 0 bridgehead atoms. The number of allylic oxidation sites excluding steroid dienone is 1. The second-order valence-corrected chi connectivity index (χ2v) is 21.1. The highest BCUT2D eigenvalue weighted by molar-refractivity contribution is 6.11. The molecule has 0 saturated heterocycles. The fraction of sp³-hybridized carbons (Fsp3) is 0.227. The van der Waals surface area contributed by atoms with Crippen molar-refractivity contribution in [3.05, 3.63) is 251 Å². The Hall–Kier alpha value is -8.28. The van der Waals surface area contributed by atoms with Crippen LogP contribution >= 0.6 is 0 Å². The van der Waals surface area contributed by atoms with Crippen molar-refractivity contribution in [3.63, 3.8) is 0 Å². The van der Waals surface area contributed by atoms with E-state index in [0.29, 0.717) is 5.92 Å². The smallest absolute Gasteiger partial charge is 0.0491 e. The summed E-state index contributed by atoms with van der Waals surface area (Å²) < 4.78 is 2.60. The van der Waals surface area contributed by atoms with Gasteiger partial charge in [0.05, 0.1) is 0 Å². The molecule has 0 spiro atoms. The van der Waals surface area contributed by atoms with Crippen LogP contribution in [0.3, 0.4) is 0 Å². The number of aromatic nitrogens is 1. The van der Waals surface area contributed by atoms with Gasteiger partial charge in [-0.2, -0.15) is 0 Å². The van der Waals surface area contributed by atoms with Gasteiger partial charge in [-0.3, -0.25) is 0 Å². The lowest BCUT2D eigenvalue weighted by Gasteiger charge is -2.29. The zero-order chi connectivity index (χ0) is 51.8. The molecule has 76 heavy (non-hydrogen) atoms. The Morgan fingerprint density at radius 1 is 0.487 bits per heavy atom. The summed E-state index contributed by atoms with van der Waals surface area (Å²) in [5, 5.41) is 2.64. The summed E-state index contributed by atoms with van der Waals surface area (Å²) >= 11 is 0. The Kier molecular flexibility index (Phi) is 14.9. The summed E-state index contributed by atoms with van der Waals surface area (Å²) in [4.78, 5) is 0. The highest BCUT2D eigenvalue weighted by atomic mass is 15.0. The molecule has 388 valence electrons. The van der Waals surface area contributed by atoms with Crippen LogP contribution < -0.4 is 0 Å². The maximum Gasteiger partial charge on any atom is 0.0491 e. The second kappa shape index (κ2) is 22.7. The van der Waals surface area contributed by atoms with E-state index in [9.17, 15) is 0 Å². The minimum absolute atomic E-state index is 0. The van der Waals surface area contributed by atoms with Gasteiger partial charge in [-0.05, 0) is 192 Å². The standard InChI is InChI=1S/C75H67N.8H2/c1-5-9-12-14-16-26-45-75(46-27-17-15-13-10-6-2)71-51-60(57-31-22-19-23-32-57)38-42-64(71)65-43-39-61(52-72(65)75)59-37-41-63-62-40-36-58(56-29-20-18-21-30-56)49-68(62)67(69(63)50-59)47-55-35-44-74-70(48-55)66-33-24-25-34-73(66)76(74)53-54(8-4)28-11-7-3;;;;;;;;/h18-25,29-45,47-52,54H,1,6-8,10-11,13,15,17,27-28,46,53H2,2-4H3;8*1H/b67-47-;;;;;;;;. The van der Waals surface area contributed by atoms with Crippen molar-refractivity contribution in [1.29, 1.82) is 0 Å². The first-order valence-corrected chi connectivity index (χ1v) is 28.1. The number of rotatable bonds is 18. The van der Waals surface area contributed by atoms with Crippen molar-refractivity contribution in [2.24, 2.45) is 5.92 Å². The molecule has 0 radical (unpaired) electrons. The quantitative estimate of drug-likeness (QED) is 0.0596. The molecule has 2 atom stereocenters. The van der Waals surface area contributed by atoms with Crippen LogP contribution in [0.2, 0.25) is 0 Å². The second-order valence-electron chi connectivity index (χ2n) is 21.1. The van der Waals surface area contributed by atoms with Gasteiger partial charge in [-0.1, -0.05) is 223 Å². The summed E-state index contributed by atoms with van der Waals surface area (Å²) in [5.74, 6) is 0.654. The maximum absolute atomic E-state index is 3.63. The van der Waals surface area contributed by atoms with Gasteiger partial charge < -0.3 is 4.57 Å². The molecule has 11 rings (SSSR count). The molecule has 0 N–H and O–H groups in total. The van der Waals surface area contributed by atoms with Crippen molar-refractivity contribution in [2.45, 2.75) is 103 Å². The third-order valence-corrected chi connectivity index (χ3v) is 16.4. The Morgan fingerprint density at radius 2 is 1.04 bits per heavy atom. The predicted octanol–water partition coefficient (Wildman–Crippen LogP) is 22.7. The maximum atomic E-state index is 3.63. The molecule has 1 heteroatoms. The molecule has 2 aliphatic rings. The molecule has 1 nitrogen and oxygen atoms in total. The van der Waals surface area contributed by atoms with E-state index < -0.39 is 5.41 Å². The van der Waals surface area contributed by atoms with Crippen molar-refractivity contribution >= 4 is 33.5 Å². The van der Waals surface area contributed by atoms with E-state index in [1.54, 1.807) is 0 Å². The normalized spacial score (nSPS) is 14.6. The summed E-state index contributed by atoms with van der Waals surface area (Å²) in [7, 11) is 0. The molecule has 8 aromatic carbocycles. The number of hydrogen-bond acceptors (Lipinski definition) is 0. The number of nitrogens with zero attached hydrogens (tertiary/aromatic N) is 1. The third-order valence-electron chi connectivity index (χ3n) is 16.4. The molecular weight excluding hydrogens is 915 g/mol. The summed E-state index contributed by atoms with van der Waals surface area (Å²) in [5.41, 5.74) is 40.1. The lowest BCUT2D eigenvalue weighted by Crippen LogP contribution is -2.22.